The highest BCUT2D eigenvalue weighted by Crippen LogP contribution is 1.76. The highest BCUT2D eigenvalue weighted by molar-refractivity contribution is 5.04. The average Bonchev–Trinajstić information content (AvgIpc) is 2.27. The fourth-order valence-corrected chi connectivity index (χ4v) is 0.765. The van der Waals surface area contributed by atoms with Crippen LogP contribution in [0.3, 0.4) is 0 Å². The standard InChI is InChI=1S/C12H12O3/c1-2-8-14-10-5-6-12-15-11-4-3-9-13-7-1/h7-12H2. The van der Waals surface area contributed by atoms with Gasteiger partial charge >= 0.3 is 0 Å². The SMILES string of the molecule is C1#CCOCC#CCOCC#CCOC1. The number of hydrogen-bond acceptors (Lipinski definition) is 3. The van der Waals surface area contributed by atoms with E-state index < -0.39 is 0 Å². The largest absolute Gasteiger partial charge is 0.356 e. The van der Waals surface area contributed by atoms with E-state index in [0.29, 0.717) is 39.6 Å². The highest BCUT2D eigenvalue weighted by Gasteiger charge is 1.82. The minimum atomic E-state index is 0.380. The molecule has 0 bridgehead atoms. The van der Waals surface area contributed by atoms with Gasteiger partial charge in [-0.1, -0.05) is 35.5 Å². The molecule has 0 spiro atoms. The van der Waals surface area contributed by atoms with Crippen molar-refractivity contribution >= 4 is 0 Å². The van der Waals surface area contributed by atoms with Crippen LogP contribution in [0.2, 0.25) is 0 Å². The predicted octanol–water partition coefficient (Wildman–Crippen LogP) is 0.0600. The molecular weight excluding hydrogens is 192 g/mol. The normalized spacial score (nSPS) is 17.6. The molecule has 0 atom stereocenters. The molecule has 0 unspecified atom stereocenters. The third-order valence-corrected chi connectivity index (χ3v) is 1.42. The van der Waals surface area contributed by atoms with Crippen molar-refractivity contribution in [3.63, 3.8) is 0 Å². The van der Waals surface area contributed by atoms with Crippen molar-refractivity contribution in [1.82, 2.24) is 0 Å². The van der Waals surface area contributed by atoms with E-state index in [9.17, 15) is 0 Å². The smallest absolute Gasteiger partial charge is 0.109 e. The molecule has 0 N–H and O–H groups in total. The summed E-state index contributed by atoms with van der Waals surface area (Å²) in [5.74, 6) is 16.9. The quantitative estimate of drug-likeness (QED) is 0.522. The van der Waals surface area contributed by atoms with E-state index in [1.165, 1.54) is 0 Å². The van der Waals surface area contributed by atoms with Crippen LogP contribution in [0.15, 0.2) is 0 Å². The van der Waals surface area contributed by atoms with Crippen molar-refractivity contribution in [1.29, 1.82) is 0 Å². The molecule has 3 nitrogen and oxygen atoms in total. The summed E-state index contributed by atoms with van der Waals surface area (Å²) in [5.41, 5.74) is 0. The van der Waals surface area contributed by atoms with Crippen LogP contribution >= 0.6 is 0 Å². The molecule has 15 heavy (non-hydrogen) atoms. The summed E-state index contributed by atoms with van der Waals surface area (Å²) < 4.78 is 15.4. The molecule has 1 rings (SSSR count). The molecule has 0 amide bonds. The molecule has 0 saturated carbocycles. The maximum absolute atomic E-state index is 5.12. The molecular formula is C12H12O3. The Morgan fingerprint density at radius 1 is 0.400 bits per heavy atom. The Hall–Kier alpha value is -1.44. The molecule has 78 valence electrons. The molecule has 0 aliphatic carbocycles. The topological polar surface area (TPSA) is 27.7 Å². The van der Waals surface area contributed by atoms with Crippen LogP contribution in [0.5, 0.6) is 0 Å². The molecule has 0 aromatic rings. The summed E-state index contributed by atoms with van der Waals surface area (Å²) in [5, 5.41) is 0. The average molecular weight is 204 g/mol. The lowest BCUT2D eigenvalue weighted by atomic mass is 10.6. The number of hydrogen-bond donors (Lipinski definition) is 0. The van der Waals surface area contributed by atoms with Crippen molar-refractivity contribution in [2.24, 2.45) is 0 Å². The van der Waals surface area contributed by atoms with Crippen LogP contribution in [0.1, 0.15) is 0 Å². The fourth-order valence-electron chi connectivity index (χ4n) is 0.765. The molecule has 0 radical (unpaired) electrons. The minimum absolute atomic E-state index is 0.380. The molecule has 0 aromatic carbocycles. The second-order valence-electron chi connectivity index (χ2n) is 2.54. The van der Waals surface area contributed by atoms with Gasteiger partial charge in [-0.3, -0.25) is 0 Å². The van der Waals surface area contributed by atoms with E-state index in [0.717, 1.165) is 0 Å². The third kappa shape index (κ3) is 7.62. The lowest BCUT2D eigenvalue weighted by Gasteiger charge is -1.90. The van der Waals surface area contributed by atoms with Crippen molar-refractivity contribution in [3.05, 3.63) is 0 Å². The van der Waals surface area contributed by atoms with Crippen molar-refractivity contribution in [3.8, 4) is 35.5 Å². The molecule has 3 heteroatoms. The molecule has 1 aliphatic rings. The summed E-state index contributed by atoms with van der Waals surface area (Å²) in [6.45, 7) is 2.28. The second-order valence-corrected chi connectivity index (χ2v) is 2.54. The maximum atomic E-state index is 5.12. The van der Waals surface area contributed by atoms with Gasteiger partial charge in [0.1, 0.15) is 39.6 Å². The van der Waals surface area contributed by atoms with Gasteiger partial charge in [0.25, 0.3) is 0 Å². The zero-order valence-corrected chi connectivity index (χ0v) is 8.47. The highest BCUT2D eigenvalue weighted by atomic mass is 16.5. The van der Waals surface area contributed by atoms with E-state index in [1.807, 2.05) is 0 Å². The Bertz CT molecular complexity index is 259. The number of ether oxygens (including phenoxy) is 3. The lowest BCUT2D eigenvalue weighted by Crippen LogP contribution is -1.94. The van der Waals surface area contributed by atoms with E-state index in [4.69, 9.17) is 14.2 Å². The zero-order valence-electron chi connectivity index (χ0n) is 8.47. The van der Waals surface area contributed by atoms with E-state index >= 15 is 0 Å². The van der Waals surface area contributed by atoms with E-state index in [1.54, 1.807) is 0 Å². The second kappa shape index (κ2) is 9.13. The molecule has 1 aliphatic heterocycles. The van der Waals surface area contributed by atoms with Crippen LogP contribution in [0, 0.1) is 35.5 Å². The first-order chi connectivity index (χ1) is 7.50. The lowest BCUT2D eigenvalue weighted by molar-refractivity contribution is 0.198. The van der Waals surface area contributed by atoms with Gasteiger partial charge in [-0.25, -0.2) is 0 Å². The van der Waals surface area contributed by atoms with Crippen LogP contribution in [-0.4, -0.2) is 39.6 Å². The molecule has 1 heterocycles. The van der Waals surface area contributed by atoms with Crippen LogP contribution in [0.4, 0.5) is 0 Å². The van der Waals surface area contributed by atoms with Gasteiger partial charge in [0.05, 0.1) is 0 Å². The summed E-state index contributed by atoms with van der Waals surface area (Å²) in [4.78, 5) is 0. The molecule has 0 saturated heterocycles. The van der Waals surface area contributed by atoms with Crippen LogP contribution in [0.25, 0.3) is 0 Å². The first-order valence-corrected chi connectivity index (χ1v) is 4.60. The summed E-state index contributed by atoms with van der Waals surface area (Å²) >= 11 is 0. The van der Waals surface area contributed by atoms with Crippen molar-refractivity contribution in [2.75, 3.05) is 39.6 Å². The zero-order chi connectivity index (χ0) is 10.6. The summed E-state index contributed by atoms with van der Waals surface area (Å²) in [6.07, 6.45) is 0. The maximum Gasteiger partial charge on any atom is 0.109 e. The van der Waals surface area contributed by atoms with E-state index in [-0.39, 0.29) is 0 Å². The van der Waals surface area contributed by atoms with E-state index in [2.05, 4.69) is 35.5 Å². The van der Waals surface area contributed by atoms with Crippen molar-refractivity contribution in [2.45, 2.75) is 0 Å². The Kier molecular flexibility index (Phi) is 7.08. The van der Waals surface area contributed by atoms with Crippen LogP contribution in [-0.2, 0) is 14.2 Å². The van der Waals surface area contributed by atoms with Gasteiger partial charge in [0.2, 0.25) is 0 Å². The van der Waals surface area contributed by atoms with Gasteiger partial charge in [-0.2, -0.15) is 0 Å². The fraction of sp³-hybridized carbons (Fsp3) is 0.500. The van der Waals surface area contributed by atoms with Gasteiger partial charge in [-0.15, -0.1) is 0 Å². The summed E-state index contributed by atoms with van der Waals surface area (Å²) in [6, 6.07) is 0. The summed E-state index contributed by atoms with van der Waals surface area (Å²) in [7, 11) is 0. The minimum Gasteiger partial charge on any atom is -0.356 e. The molecule has 0 fully saturated rings. The van der Waals surface area contributed by atoms with Gasteiger partial charge in [0.15, 0.2) is 0 Å². The Balaban J connectivity index is 2.32. The first-order valence-electron chi connectivity index (χ1n) is 4.60. The Morgan fingerprint density at radius 3 is 0.800 bits per heavy atom. The van der Waals surface area contributed by atoms with Gasteiger partial charge in [-0.05, 0) is 0 Å². The number of rotatable bonds is 0. The third-order valence-electron chi connectivity index (χ3n) is 1.42. The Labute approximate surface area is 90.1 Å². The molecule has 0 aromatic heterocycles. The van der Waals surface area contributed by atoms with Gasteiger partial charge < -0.3 is 14.2 Å². The monoisotopic (exact) mass is 204 g/mol. The van der Waals surface area contributed by atoms with Crippen molar-refractivity contribution < 1.29 is 14.2 Å². The first kappa shape index (κ1) is 11.6. The van der Waals surface area contributed by atoms with Crippen LogP contribution < -0.4 is 0 Å². The Morgan fingerprint density at radius 2 is 0.600 bits per heavy atom. The predicted molar refractivity (Wildman–Crippen MR) is 55.8 cm³/mol. The van der Waals surface area contributed by atoms with Gasteiger partial charge in [0, 0.05) is 0 Å².